The zero-order valence-electron chi connectivity index (χ0n) is 11.1. The molecular formula is C14H21NO3. The summed E-state index contributed by atoms with van der Waals surface area (Å²) in [6, 6.07) is 5.88. The van der Waals surface area contributed by atoms with Crippen LogP contribution in [0.1, 0.15) is 18.4 Å². The number of ether oxygens (including phenoxy) is 3. The molecule has 0 radical (unpaired) electrons. The lowest BCUT2D eigenvalue weighted by molar-refractivity contribution is 0.00809. The molecule has 0 heterocycles. The van der Waals surface area contributed by atoms with Crippen molar-refractivity contribution in [3.63, 3.8) is 0 Å². The topological polar surface area (TPSA) is 39.7 Å². The molecule has 4 nitrogen and oxygen atoms in total. The van der Waals surface area contributed by atoms with E-state index in [9.17, 15) is 0 Å². The average Bonchev–Trinajstić information content (AvgIpc) is 3.20. The molecule has 18 heavy (non-hydrogen) atoms. The molecule has 0 unspecified atom stereocenters. The summed E-state index contributed by atoms with van der Waals surface area (Å²) in [6.45, 7) is 1.83. The third kappa shape index (κ3) is 3.62. The summed E-state index contributed by atoms with van der Waals surface area (Å²) < 4.78 is 16.5. The molecule has 100 valence electrons. The highest BCUT2D eigenvalue weighted by molar-refractivity contribution is 5.46. The summed E-state index contributed by atoms with van der Waals surface area (Å²) in [4.78, 5) is 0. The van der Waals surface area contributed by atoms with E-state index in [0.29, 0.717) is 0 Å². The van der Waals surface area contributed by atoms with Crippen molar-refractivity contribution in [3.8, 4) is 11.5 Å². The fourth-order valence-corrected chi connectivity index (χ4v) is 1.82. The van der Waals surface area contributed by atoms with Crippen molar-refractivity contribution in [1.29, 1.82) is 0 Å². The van der Waals surface area contributed by atoms with Gasteiger partial charge in [0.2, 0.25) is 0 Å². The van der Waals surface area contributed by atoms with Gasteiger partial charge in [-0.2, -0.15) is 0 Å². The Bertz CT molecular complexity index is 377. The largest absolute Gasteiger partial charge is 0.493 e. The molecule has 1 aromatic rings. The number of hydrogen-bond acceptors (Lipinski definition) is 4. The molecule has 1 N–H and O–H groups in total. The second kappa shape index (κ2) is 6.61. The van der Waals surface area contributed by atoms with Crippen LogP contribution in [0.25, 0.3) is 0 Å². The third-order valence-corrected chi connectivity index (χ3v) is 2.98. The standard InChI is InChI=1S/C14H21NO3/c1-15-8-12-4-3-5-13(16-2)14(12)18-10-17-9-11-6-7-11/h3-5,11,15H,6-10H2,1-2H3. The van der Waals surface area contributed by atoms with Gasteiger partial charge < -0.3 is 19.5 Å². The Balaban J connectivity index is 1.93. The summed E-state index contributed by atoms with van der Waals surface area (Å²) in [7, 11) is 3.56. The van der Waals surface area contributed by atoms with Gasteiger partial charge in [0, 0.05) is 12.1 Å². The minimum Gasteiger partial charge on any atom is -0.493 e. The van der Waals surface area contributed by atoms with Crippen LogP contribution in [0, 0.1) is 5.92 Å². The molecule has 1 fully saturated rings. The van der Waals surface area contributed by atoms with Crippen LogP contribution in [0.2, 0.25) is 0 Å². The number of hydrogen-bond donors (Lipinski definition) is 1. The number of methoxy groups -OCH3 is 1. The van der Waals surface area contributed by atoms with E-state index in [0.717, 1.165) is 36.1 Å². The molecule has 0 aromatic heterocycles. The first-order valence-electron chi connectivity index (χ1n) is 6.36. The zero-order valence-corrected chi connectivity index (χ0v) is 11.1. The normalized spacial score (nSPS) is 14.6. The highest BCUT2D eigenvalue weighted by Crippen LogP contribution is 2.32. The van der Waals surface area contributed by atoms with Crippen molar-refractivity contribution >= 4 is 0 Å². The van der Waals surface area contributed by atoms with Crippen molar-refractivity contribution in [3.05, 3.63) is 23.8 Å². The monoisotopic (exact) mass is 251 g/mol. The molecule has 1 aromatic carbocycles. The molecule has 0 aliphatic heterocycles. The molecule has 0 amide bonds. The molecule has 2 rings (SSSR count). The van der Waals surface area contributed by atoms with Gasteiger partial charge in [0.15, 0.2) is 18.3 Å². The molecule has 0 atom stereocenters. The minimum atomic E-state index is 0.285. The van der Waals surface area contributed by atoms with Crippen LogP contribution in [-0.4, -0.2) is 27.6 Å². The molecule has 1 aliphatic carbocycles. The molecule has 1 aliphatic rings. The van der Waals surface area contributed by atoms with Gasteiger partial charge in [0.25, 0.3) is 0 Å². The van der Waals surface area contributed by atoms with Crippen LogP contribution in [-0.2, 0) is 11.3 Å². The van der Waals surface area contributed by atoms with Crippen molar-refractivity contribution in [2.45, 2.75) is 19.4 Å². The lowest BCUT2D eigenvalue weighted by Gasteiger charge is -2.14. The van der Waals surface area contributed by atoms with E-state index in [4.69, 9.17) is 14.2 Å². The van der Waals surface area contributed by atoms with Gasteiger partial charge in [-0.05, 0) is 31.9 Å². The van der Waals surface area contributed by atoms with Gasteiger partial charge in [-0.15, -0.1) is 0 Å². The predicted molar refractivity (Wildman–Crippen MR) is 69.9 cm³/mol. The van der Waals surface area contributed by atoms with E-state index < -0.39 is 0 Å². The van der Waals surface area contributed by atoms with Crippen molar-refractivity contribution in [2.75, 3.05) is 27.6 Å². The maximum atomic E-state index is 5.70. The lowest BCUT2D eigenvalue weighted by atomic mass is 10.2. The Labute approximate surface area is 108 Å². The summed E-state index contributed by atoms with van der Waals surface area (Å²) in [5.74, 6) is 2.27. The smallest absolute Gasteiger partial charge is 0.189 e. The second-order valence-corrected chi connectivity index (χ2v) is 4.56. The van der Waals surface area contributed by atoms with Crippen LogP contribution >= 0.6 is 0 Å². The number of rotatable bonds is 8. The van der Waals surface area contributed by atoms with E-state index in [1.165, 1.54) is 12.8 Å². The first-order chi connectivity index (χ1) is 8.85. The van der Waals surface area contributed by atoms with Crippen molar-refractivity contribution in [2.24, 2.45) is 5.92 Å². The zero-order chi connectivity index (χ0) is 12.8. The molecule has 1 saturated carbocycles. The molecular weight excluding hydrogens is 230 g/mol. The Kier molecular flexibility index (Phi) is 4.84. The Morgan fingerprint density at radius 3 is 2.83 bits per heavy atom. The predicted octanol–water partition coefficient (Wildman–Crippen LogP) is 2.18. The SMILES string of the molecule is CNCc1cccc(OC)c1OCOCC1CC1. The molecule has 0 saturated heterocycles. The first kappa shape index (κ1) is 13.2. The van der Waals surface area contributed by atoms with Gasteiger partial charge in [-0.25, -0.2) is 0 Å². The van der Waals surface area contributed by atoms with Gasteiger partial charge in [0.05, 0.1) is 13.7 Å². The summed E-state index contributed by atoms with van der Waals surface area (Å²) in [5.41, 5.74) is 1.08. The number of nitrogens with one attached hydrogen (secondary N) is 1. The summed E-state index contributed by atoms with van der Waals surface area (Å²) in [6.07, 6.45) is 2.58. The number of benzene rings is 1. The Morgan fingerprint density at radius 1 is 1.33 bits per heavy atom. The fraction of sp³-hybridized carbons (Fsp3) is 0.571. The van der Waals surface area contributed by atoms with Crippen LogP contribution in [0.4, 0.5) is 0 Å². The number of para-hydroxylation sites is 1. The Morgan fingerprint density at radius 2 is 2.17 bits per heavy atom. The minimum absolute atomic E-state index is 0.285. The summed E-state index contributed by atoms with van der Waals surface area (Å²) in [5, 5.41) is 3.12. The van der Waals surface area contributed by atoms with E-state index >= 15 is 0 Å². The van der Waals surface area contributed by atoms with E-state index in [1.54, 1.807) is 7.11 Å². The van der Waals surface area contributed by atoms with Crippen LogP contribution in [0.15, 0.2) is 18.2 Å². The average molecular weight is 251 g/mol. The quantitative estimate of drug-likeness (QED) is 0.568. The molecule has 0 spiro atoms. The molecule has 4 heteroatoms. The second-order valence-electron chi connectivity index (χ2n) is 4.56. The van der Waals surface area contributed by atoms with Crippen molar-refractivity contribution < 1.29 is 14.2 Å². The highest BCUT2D eigenvalue weighted by Gasteiger charge is 2.21. The van der Waals surface area contributed by atoms with E-state index in [2.05, 4.69) is 5.32 Å². The van der Waals surface area contributed by atoms with Crippen LogP contribution in [0.3, 0.4) is 0 Å². The van der Waals surface area contributed by atoms with Gasteiger partial charge in [-0.1, -0.05) is 12.1 Å². The van der Waals surface area contributed by atoms with Crippen LogP contribution in [0.5, 0.6) is 11.5 Å². The maximum absolute atomic E-state index is 5.70. The van der Waals surface area contributed by atoms with Crippen molar-refractivity contribution in [1.82, 2.24) is 5.32 Å². The summed E-state index contributed by atoms with van der Waals surface area (Å²) >= 11 is 0. The van der Waals surface area contributed by atoms with Gasteiger partial charge >= 0.3 is 0 Å². The highest BCUT2D eigenvalue weighted by atomic mass is 16.7. The van der Waals surface area contributed by atoms with E-state index in [1.807, 2.05) is 25.2 Å². The van der Waals surface area contributed by atoms with Gasteiger partial charge in [0.1, 0.15) is 0 Å². The van der Waals surface area contributed by atoms with Crippen LogP contribution < -0.4 is 14.8 Å². The Hall–Kier alpha value is -1.26. The van der Waals surface area contributed by atoms with E-state index in [-0.39, 0.29) is 6.79 Å². The first-order valence-corrected chi connectivity index (χ1v) is 6.36. The lowest BCUT2D eigenvalue weighted by Crippen LogP contribution is -2.11. The third-order valence-electron chi connectivity index (χ3n) is 2.98. The van der Waals surface area contributed by atoms with Gasteiger partial charge in [-0.3, -0.25) is 0 Å². The maximum Gasteiger partial charge on any atom is 0.189 e. The fourth-order valence-electron chi connectivity index (χ4n) is 1.82. The molecule has 0 bridgehead atoms.